The smallest absolute Gasteiger partial charge is 0.298 e. The van der Waals surface area contributed by atoms with Crippen molar-refractivity contribution in [2.75, 3.05) is 38.1 Å². The van der Waals surface area contributed by atoms with Gasteiger partial charge >= 0.3 is 0 Å². The minimum atomic E-state index is -0.463. The minimum absolute atomic E-state index is 0.00383. The molecule has 0 spiro atoms. The highest BCUT2D eigenvalue weighted by atomic mass is 16.4. The Morgan fingerprint density at radius 3 is 2.69 bits per heavy atom. The summed E-state index contributed by atoms with van der Waals surface area (Å²) in [5, 5.41) is 0. The molecule has 26 heavy (non-hydrogen) atoms. The van der Waals surface area contributed by atoms with E-state index in [1.807, 2.05) is 11.0 Å². The van der Waals surface area contributed by atoms with Gasteiger partial charge in [-0.1, -0.05) is 26.8 Å². The molecule has 1 aromatic heterocycles. The fourth-order valence-corrected chi connectivity index (χ4v) is 3.61. The highest BCUT2D eigenvalue weighted by Gasteiger charge is 2.42. The normalized spacial score (nSPS) is 21.5. The number of carbonyl (C=O) groups is 2. The summed E-state index contributed by atoms with van der Waals surface area (Å²) in [6, 6.07) is 6.12. The molecule has 1 aromatic carbocycles. The molecule has 2 aliphatic rings. The first kappa shape index (κ1) is 16.9. The van der Waals surface area contributed by atoms with E-state index in [4.69, 9.17) is 4.42 Å². The van der Waals surface area contributed by atoms with Crippen molar-refractivity contribution >= 4 is 28.9 Å². The van der Waals surface area contributed by atoms with E-state index in [0.717, 1.165) is 11.1 Å². The van der Waals surface area contributed by atoms with Crippen LogP contribution in [0.2, 0.25) is 0 Å². The second-order valence-corrected chi connectivity index (χ2v) is 8.17. The molecule has 7 nitrogen and oxygen atoms in total. The summed E-state index contributed by atoms with van der Waals surface area (Å²) < 4.78 is 5.93. The quantitative estimate of drug-likeness (QED) is 0.776. The Kier molecular flexibility index (Phi) is 3.71. The van der Waals surface area contributed by atoms with Crippen molar-refractivity contribution in [1.82, 2.24) is 14.8 Å². The van der Waals surface area contributed by atoms with Crippen LogP contribution in [0.1, 0.15) is 26.3 Å². The van der Waals surface area contributed by atoms with Crippen LogP contribution in [-0.2, 0) is 15.0 Å². The molecule has 138 valence electrons. The van der Waals surface area contributed by atoms with Crippen LogP contribution in [0.5, 0.6) is 0 Å². The molecular weight excluding hydrogens is 332 g/mol. The summed E-state index contributed by atoms with van der Waals surface area (Å²) in [6.45, 7) is 8.18. The van der Waals surface area contributed by atoms with E-state index >= 15 is 0 Å². The number of rotatable bonds is 1. The van der Waals surface area contributed by atoms with Gasteiger partial charge in [-0.3, -0.25) is 9.59 Å². The van der Waals surface area contributed by atoms with Gasteiger partial charge in [-0.05, 0) is 23.1 Å². The zero-order valence-corrected chi connectivity index (χ0v) is 15.7. The third-order valence-electron chi connectivity index (χ3n) is 5.25. The summed E-state index contributed by atoms with van der Waals surface area (Å²) in [4.78, 5) is 34.4. The number of anilines is 1. The summed E-state index contributed by atoms with van der Waals surface area (Å²) in [6.07, 6.45) is 0. The maximum Gasteiger partial charge on any atom is 0.298 e. The molecule has 1 atom stereocenters. The fourth-order valence-electron chi connectivity index (χ4n) is 3.61. The number of benzene rings is 1. The Labute approximate surface area is 152 Å². The van der Waals surface area contributed by atoms with Gasteiger partial charge < -0.3 is 19.1 Å². The van der Waals surface area contributed by atoms with Gasteiger partial charge in [-0.15, -0.1) is 0 Å². The average molecular weight is 356 g/mol. The van der Waals surface area contributed by atoms with E-state index in [1.165, 1.54) is 10.5 Å². The van der Waals surface area contributed by atoms with E-state index in [0.29, 0.717) is 25.6 Å². The van der Waals surface area contributed by atoms with Gasteiger partial charge in [0.1, 0.15) is 11.6 Å². The van der Waals surface area contributed by atoms with Crippen LogP contribution < -0.4 is 4.90 Å². The maximum absolute atomic E-state index is 12.5. The molecule has 2 fully saturated rings. The third kappa shape index (κ3) is 2.71. The molecule has 2 amide bonds. The molecule has 0 N–H and O–H groups in total. The van der Waals surface area contributed by atoms with Crippen LogP contribution in [0.4, 0.5) is 6.01 Å². The molecule has 2 aliphatic heterocycles. The van der Waals surface area contributed by atoms with Gasteiger partial charge in [-0.2, -0.15) is 4.98 Å². The molecular formula is C19H24N4O3. The largest absolute Gasteiger partial charge is 0.423 e. The second-order valence-electron chi connectivity index (χ2n) is 8.17. The number of piperazine rings is 2. The molecule has 0 radical (unpaired) electrons. The van der Waals surface area contributed by atoms with Gasteiger partial charge in [0.2, 0.25) is 11.8 Å². The van der Waals surface area contributed by atoms with Crippen LogP contribution in [0, 0.1) is 0 Å². The molecule has 3 heterocycles. The predicted octanol–water partition coefficient (Wildman–Crippen LogP) is 1.61. The van der Waals surface area contributed by atoms with Crippen molar-refractivity contribution in [1.29, 1.82) is 0 Å². The number of fused-ring (bicyclic) bond motifs is 2. The van der Waals surface area contributed by atoms with Crippen LogP contribution in [-0.4, -0.2) is 65.9 Å². The SMILES string of the molecule is CN1CC(=O)N2CCN(c3nc4cc(C(C)(C)C)ccc4o3)CC2C1=O. The first-order chi connectivity index (χ1) is 12.2. The van der Waals surface area contributed by atoms with Gasteiger partial charge in [-0.25, -0.2) is 0 Å². The number of hydrogen-bond acceptors (Lipinski definition) is 5. The van der Waals surface area contributed by atoms with Gasteiger partial charge in [0.05, 0.1) is 13.1 Å². The van der Waals surface area contributed by atoms with Gasteiger partial charge in [0.15, 0.2) is 5.58 Å². The van der Waals surface area contributed by atoms with Crippen LogP contribution in [0.25, 0.3) is 11.1 Å². The lowest BCUT2D eigenvalue weighted by Gasteiger charge is -2.44. The summed E-state index contributed by atoms with van der Waals surface area (Å²) in [5.41, 5.74) is 2.79. The fraction of sp³-hybridized carbons (Fsp3) is 0.526. The first-order valence-corrected chi connectivity index (χ1v) is 8.94. The molecule has 4 rings (SSSR count). The number of likely N-dealkylation sites (N-methyl/N-ethyl adjacent to an activating group) is 1. The van der Waals surface area contributed by atoms with Crippen molar-refractivity contribution in [3.63, 3.8) is 0 Å². The van der Waals surface area contributed by atoms with Gasteiger partial charge in [0.25, 0.3) is 6.01 Å². The van der Waals surface area contributed by atoms with Crippen molar-refractivity contribution in [3.05, 3.63) is 23.8 Å². The van der Waals surface area contributed by atoms with Crippen molar-refractivity contribution < 1.29 is 14.0 Å². The summed E-state index contributed by atoms with van der Waals surface area (Å²) >= 11 is 0. The van der Waals surface area contributed by atoms with Crippen LogP contribution in [0.3, 0.4) is 0 Å². The molecule has 0 saturated carbocycles. The average Bonchev–Trinajstić information content (AvgIpc) is 3.02. The van der Waals surface area contributed by atoms with Crippen molar-refractivity contribution in [2.24, 2.45) is 0 Å². The van der Waals surface area contributed by atoms with E-state index in [-0.39, 0.29) is 23.8 Å². The van der Waals surface area contributed by atoms with E-state index in [9.17, 15) is 9.59 Å². The van der Waals surface area contributed by atoms with Crippen LogP contribution >= 0.6 is 0 Å². The number of carbonyl (C=O) groups excluding carboxylic acids is 2. The number of aromatic nitrogens is 1. The Morgan fingerprint density at radius 1 is 1.19 bits per heavy atom. The number of nitrogens with zero attached hydrogens (tertiary/aromatic N) is 4. The highest BCUT2D eigenvalue weighted by molar-refractivity contribution is 5.95. The molecule has 0 aliphatic carbocycles. The first-order valence-electron chi connectivity index (χ1n) is 8.94. The monoisotopic (exact) mass is 356 g/mol. The number of oxazole rings is 1. The van der Waals surface area contributed by atoms with Gasteiger partial charge in [0, 0.05) is 20.1 Å². The Bertz CT molecular complexity index is 883. The zero-order valence-electron chi connectivity index (χ0n) is 15.7. The minimum Gasteiger partial charge on any atom is -0.423 e. The predicted molar refractivity (Wildman–Crippen MR) is 98.1 cm³/mol. The van der Waals surface area contributed by atoms with Crippen LogP contribution in [0.15, 0.2) is 22.6 Å². The van der Waals surface area contributed by atoms with Crippen molar-refractivity contribution in [3.8, 4) is 0 Å². The Balaban J connectivity index is 1.62. The summed E-state index contributed by atoms with van der Waals surface area (Å²) in [7, 11) is 1.67. The van der Waals surface area contributed by atoms with E-state index in [2.05, 4.69) is 37.9 Å². The third-order valence-corrected chi connectivity index (χ3v) is 5.25. The lowest BCUT2D eigenvalue weighted by molar-refractivity contribution is -0.154. The maximum atomic E-state index is 12.5. The summed E-state index contributed by atoms with van der Waals surface area (Å²) in [5.74, 6) is -0.0236. The lowest BCUT2D eigenvalue weighted by atomic mass is 9.87. The standard InChI is InChI=1S/C19H24N4O3/c1-19(2,3)12-5-6-15-13(9-12)20-18(26-15)22-7-8-23-14(10-22)17(25)21(4)11-16(23)24/h5-6,9,14H,7-8,10-11H2,1-4H3. The van der Waals surface area contributed by atoms with Crippen molar-refractivity contribution in [2.45, 2.75) is 32.2 Å². The molecule has 0 bridgehead atoms. The molecule has 1 unspecified atom stereocenters. The topological polar surface area (TPSA) is 69.9 Å². The lowest BCUT2D eigenvalue weighted by Crippen LogP contribution is -2.66. The molecule has 7 heteroatoms. The molecule has 2 aromatic rings. The number of hydrogen-bond donors (Lipinski definition) is 0. The number of amides is 2. The van der Waals surface area contributed by atoms with E-state index in [1.54, 1.807) is 11.9 Å². The zero-order chi connectivity index (χ0) is 18.6. The Hall–Kier alpha value is -2.57. The Morgan fingerprint density at radius 2 is 1.96 bits per heavy atom. The second kappa shape index (κ2) is 5.72. The molecule has 2 saturated heterocycles. The van der Waals surface area contributed by atoms with E-state index < -0.39 is 6.04 Å². The highest BCUT2D eigenvalue weighted by Crippen LogP contribution is 2.29.